The van der Waals surface area contributed by atoms with Gasteiger partial charge in [0, 0.05) is 35.8 Å². The number of halogens is 3. The van der Waals surface area contributed by atoms with Crippen LogP contribution < -0.4 is 4.90 Å². The van der Waals surface area contributed by atoms with Gasteiger partial charge in [-0.3, -0.25) is 9.78 Å². The van der Waals surface area contributed by atoms with Gasteiger partial charge in [-0.15, -0.1) is 0 Å². The third-order valence-corrected chi connectivity index (χ3v) is 5.22. The van der Waals surface area contributed by atoms with Crippen LogP contribution in [0, 0.1) is 5.92 Å². The van der Waals surface area contributed by atoms with Crippen molar-refractivity contribution in [3.63, 3.8) is 0 Å². The summed E-state index contributed by atoms with van der Waals surface area (Å²) >= 11 is 9.32. The van der Waals surface area contributed by atoms with Crippen LogP contribution in [-0.2, 0) is 13.8 Å². The highest BCUT2D eigenvalue weighted by atomic mass is 79.9. The number of hydrogen-bond donors (Lipinski definition) is 0. The second-order valence-electron chi connectivity index (χ2n) is 4.23. The van der Waals surface area contributed by atoms with Crippen LogP contribution in [0.25, 0.3) is 0 Å². The van der Waals surface area contributed by atoms with E-state index in [0.717, 1.165) is 0 Å². The Morgan fingerprint density at radius 3 is 2.79 bits per heavy atom. The third kappa shape index (κ3) is 3.59. The van der Waals surface area contributed by atoms with E-state index >= 15 is 0 Å². The second-order valence-corrected chi connectivity index (χ2v) is 8.29. The molecule has 1 aromatic heterocycles. The Balaban J connectivity index is 2.23. The minimum atomic E-state index is -3.62. The molecule has 1 amide bonds. The van der Waals surface area contributed by atoms with E-state index in [2.05, 4.69) is 20.9 Å². The number of nitrogens with zero attached hydrogens (tertiary/aromatic N) is 2. The molecule has 1 unspecified atom stereocenters. The predicted molar refractivity (Wildman–Crippen MR) is 77.0 cm³/mol. The van der Waals surface area contributed by atoms with Gasteiger partial charge < -0.3 is 4.90 Å². The van der Waals surface area contributed by atoms with Gasteiger partial charge in [0.15, 0.2) is 0 Å². The molecule has 19 heavy (non-hydrogen) atoms. The van der Waals surface area contributed by atoms with Crippen molar-refractivity contribution in [2.75, 3.05) is 17.2 Å². The third-order valence-electron chi connectivity index (χ3n) is 2.75. The molecule has 2 rings (SSSR count). The van der Waals surface area contributed by atoms with Gasteiger partial charge in [-0.05, 0) is 15.9 Å². The summed E-state index contributed by atoms with van der Waals surface area (Å²) in [5.41, 5.74) is 0.468. The first-order valence-electron chi connectivity index (χ1n) is 5.29. The lowest BCUT2D eigenvalue weighted by molar-refractivity contribution is -0.117. The van der Waals surface area contributed by atoms with Crippen LogP contribution in [-0.4, -0.2) is 31.6 Å². The Labute approximate surface area is 128 Å². The summed E-state index contributed by atoms with van der Waals surface area (Å²) < 4.78 is 22.7. The lowest BCUT2D eigenvalue weighted by Gasteiger charge is -2.18. The summed E-state index contributed by atoms with van der Waals surface area (Å²) in [6.07, 6.45) is 3.13. The molecule has 1 aromatic rings. The molecule has 0 radical (unpaired) electrons. The molecule has 1 aliphatic heterocycles. The number of anilines is 1. The Hall–Kier alpha value is -0.370. The smallest absolute Gasteiger partial charge is 0.232 e. The second kappa shape index (κ2) is 5.55. The van der Waals surface area contributed by atoms with E-state index in [0.29, 0.717) is 15.2 Å². The van der Waals surface area contributed by atoms with E-state index in [1.807, 2.05) is 0 Å². The average molecular weight is 388 g/mol. The minimum absolute atomic E-state index is 0.134. The fourth-order valence-electron chi connectivity index (χ4n) is 2.00. The molecule has 1 saturated heterocycles. The van der Waals surface area contributed by atoms with Crippen molar-refractivity contribution in [1.82, 2.24) is 4.98 Å². The first kappa shape index (κ1) is 15.0. The highest BCUT2D eigenvalue weighted by molar-refractivity contribution is 9.10. The molecule has 0 aliphatic carbocycles. The number of carbonyl (C=O) groups is 1. The topological polar surface area (TPSA) is 67.3 Å². The summed E-state index contributed by atoms with van der Waals surface area (Å²) in [6.45, 7) is 0.267. The predicted octanol–water partition coefficient (Wildman–Crippen LogP) is 2.42. The van der Waals surface area contributed by atoms with Crippen molar-refractivity contribution in [3.05, 3.63) is 21.9 Å². The molecule has 0 saturated carbocycles. The maximum Gasteiger partial charge on any atom is 0.232 e. The molecule has 2 heterocycles. The van der Waals surface area contributed by atoms with E-state index in [4.69, 9.17) is 22.3 Å². The molecule has 0 bridgehead atoms. The fraction of sp³-hybridized carbons (Fsp3) is 0.400. The molecular weight excluding hydrogens is 379 g/mol. The zero-order valence-corrected chi connectivity index (χ0v) is 13.4. The molecule has 0 N–H and O–H groups in total. The van der Waals surface area contributed by atoms with Gasteiger partial charge in [0.25, 0.3) is 0 Å². The summed E-state index contributed by atoms with van der Waals surface area (Å²) in [5, 5.41) is 0.373. The van der Waals surface area contributed by atoms with Crippen molar-refractivity contribution in [1.29, 1.82) is 0 Å². The highest BCUT2D eigenvalue weighted by Crippen LogP contribution is 2.35. The van der Waals surface area contributed by atoms with Gasteiger partial charge in [-0.2, -0.15) is 0 Å². The lowest BCUT2D eigenvalue weighted by Crippen LogP contribution is -2.25. The van der Waals surface area contributed by atoms with Gasteiger partial charge in [-0.25, -0.2) is 8.42 Å². The quantitative estimate of drug-likeness (QED) is 0.747. The van der Waals surface area contributed by atoms with E-state index in [1.165, 1.54) is 17.3 Å². The fourth-order valence-corrected chi connectivity index (χ4v) is 3.85. The maximum atomic E-state index is 11.9. The zero-order chi connectivity index (χ0) is 14.2. The molecule has 1 atom stereocenters. The Kier molecular flexibility index (Phi) is 4.39. The van der Waals surface area contributed by atoms with Crippen molar-refractivity contribution in [2.24, 2.45) is 5.92 Å². The summed E-state index contributed by atoms with van der Waals surface area (Å²) in [4.78, 5) is 17.3. The number of pyridine rings is 1. The van der Waals surface area contributed by atoms with Gasteiger partial charge in [-0.1, -0.05) is 11.6 Å². The first-order chi connectivity index (χ1) is 8.78. The van der Waals surface area contributed by atoms with Crippen LogP contribution in [0.3, 0.4) is 0 Å². The molecule has 5 nitrogen and oxygen atoms in total. The lowest BCUT2D eigenvalue weighted by atomic mass is 10.1. The van der Waals surface area contributed by atoms with Crippen molar-refractivity contribution in [3.8, 4) is 0 Å². The van der Waals surface area contributed by atoms with Crippen molar-refractivity contribution >= 4 is 58.9 Å². The van der Waals surface area contributed by atoms with Gasteiger partial charge in [0.1, 0.15) is 0 Å². The normalized spacial score (nSPS) is 20.1. The number of carbonyl (C=O) groups excluding carboxylic acids is 1. The molecular formula is C10H9BrCl2N2O3S. The highest BCUT2D eigenvalue weighted by Gasteiger charge is 2.34. The largest absolute Gasteiger partial charge is 0.309 e. The van der Waals surface area contributed by atoms with Crippen LogP contribution in [0.5, 0.6) is 0 Å². The van der Waals surface area contributed by atoms with E-state index in [-0.39, 0.29) is 30.5 Å². The van der Waals surface area contributed by atoms with Gasteiger partial charge >= 0.3 is 0 Å². The van der Waals surface area contributed by atoms with Crippen molar-refractivity contribution < 1.29 is 13.2 Å². The Bertz CT molecular complexity index is 623. The Morgan fingerprint density at radius 2 is 2.16 bits per heavy atom. The number of amides is 1. The average Bonchev–Trinajstić information content (AvgIpc) is 2.61. The van der Waals surface area contributed by atoms with Crippen LogP contribution in [0.2, 0.25) is 5.02 Å². The number of aromatic nitrogens is 1. The number of hydrogen-bond acceptors (Lipinski definition) is 4. The molecule has 0 spiro atoms. The van der Waals surface area contributed by atoms with E-state index in [9.17, 15) is 13.2 Å². The molecule has 0 aromatic carbocycles. The molecule has 9 heteroatoms. The molecule has 1 aliphatic rings. The van der Waals surface area contributed by atoms with Gasteiger partial charge in [0.2, 0.25) is 15.0 Å². The first-order valence-corrected chi connectivity index (χ1v) is 8.94. The van der Waals surface area contributed by atoms with Crippen molar-refractivity contribution in [2.45, 2.75) is 6.42 Å². The molecule has 104 valence electrons. The van der Waals surface area contributed by atoms with E-state index in [1.54, 1.807) is 0 Å². The standard InChI is InChI=1S/C10H9BrCl2N2O3S/c11-7-2-14-3-8(10(7)12)15-4-6(1-9(15)16)5-19(13,17)18/h2-3,6H,1,4-5H2. The summed E-state index contributed by atoms with van der Waals surface area (Å²) in [7, 11) is 1.59. The summed E-state index contributed by atoms with van der Waals surface area (Å²) in [6, 6.07) is 0. The SMILES string of the molecule is O=C1CC(CS(=O)(=O)Cl)CN1c1cncc(Br)c1Cl. The van der Waals surface area contributed by atoms with Crippen LogP contribution >= 0.6 is 38.2 Å². The monoisotopic (exact) mass is 386 g/mol. The zero-order valence-electron chi connectivity index (χ0n) is 9.51. The van der Waals surface area contributed by atoms with Gasteiger partial charge in [0.05, 0.1) is 27.1 Å². The summed E-state index contributed by atoms with van der Waals surface area (Å²) in [5.74, 6) is -0.743. The maximum absolute atomic E-state index is 11.9. The molecule has 1 fully saturated rings. The minimum Gasteiger partial charge on any atom is -0.309 e. The van der Waals surface area contributed by atoms with Crippen LogP contribution in [0.1, 0.15) is 6.42 Å². The van der Waals surface area contributed by atoms with E-state index < -0.39 is 9.05 Å². The van der Waals surface area contributed by atoms with Crippen LogP contribution in [0.4, 0.5) is 5.69 Å². The van der Waals surface area contributed by atoms with Crippen LogP contribution in [0.15, 0.2) is 16.9 Å². The number of rotatable bonds is 3. The Morgan fingerprint density at radius 1 is 1.47 bits per heavy atom.